The molecule has 2 atom stereocenters. The van der Waals surface area contributed by atoms with Crippen LogP contribution in [0.2, 0.25) is 0 Å². The van der Waals surface area contributed by atoms with Crippen LogP contribution in [0, 0.1) is 0 Å². The molecule has 10 nitrogen and oxygen atoms in total. The number of phenols is 1. The van der Waals surface area contributed by atoms with Gasteiger partial charge in [0, 0.05) is 47.9 Å². The normalized spacial score (nSPS) is 17.4. The van der Waals surface area contributed by atoms with E-state index in [-0.39, 0.29) is 47.1 Å². The molecule has 0 spiro atoms. The van der Waals surface area contributed by atoms with Crippen molar-refractivity contribution in [1.29, 1.82) is 0 Å². The number of ether oxygens (including phenoxy) is 2. The van der Waals surface area contributed by atoms with E-state index < -0.39 is 35.6 Å². The van der Waals surface area contributed by atoms with Gasteiger partial charge in [-0.05, 0) is 58.2 Å². The number of pyridine rings is 1. The Morgan fingerprint density at radius 2 is 2.08 bits per heavy atom. The maximum absolute atomic E-state index is 13.2. The molecule has 0 unspecified atom stereocenters. The third-order valence-corrected chi connectivity index (χ3v) is 7.18. The number of fused-ring (bicyclic) bond motifs is 2. The van der Waals surface area contributed by atoms with Gasteiger partial charge in [-0.2, -0.15) is 0 Å². The van der Waals surface area contributed by atoms with Crippen LogP contribution in [0.1, 0.15) is 68.9 Å². The van der Waals surface area contributed by atoms with Gasteiger partial charge in [0.25, 0.3) is 0 Å². The van der Waals surface area contributed by atoms with Gasteiger partial charge in [-0.3, -0.25) is 4.79 Å². The second kappa shape index (κ2) is 11.1. The summed E-state index contributed by atoms with van der Waals surface area (Å²) in [6.45, 7) is 6.31. The van der Waals surface area contributed by atoms with E-state index in [1.807, 2.05) is 0 Å². The van der Waals surface area contributed by atoms with Gasteiger partial charge >= 0.3 is 5.97 Å². The number of allylic oxidation sites excluding steroid dienone is 1. The number of phenolic OH excluding ortho intramolecular Hbond substituents is 1. The Morgan fingerprint density at radius 1 is 1.33 bits per heavy atom. The van der Waals surface area contributed by atoms with Crippen molar-refractivity contribution in [3.05, 3.63) is 68.7 Å². The highest BCUT2D eigenvalue weighted by atomic mass is 16.6. The molecule has 39 heavy (non-hydrogen) atoms. The van der Waals surface area contributed by atoms with Crippen molar-refractivity contribution < 1.29 is 34.0 Å². The molecular formula is C29H34N2O8. The molecule has 0 saturated carbocycles. The largest absolute Gasteiger partial charge is 0.507 e. The van der Waals surface area contributed by atoms with E-state index in [2.05, 4.69) is 4.98 Å². The zero-order valence-corrected chi connectivity index (χ0v) is 22.5. The SMILES string of the molecule is C/C=C(/C)C(=O)O[C@@H]1Cc2c(c([C@H](CCCO)c3ccnc(N)c3)c3oc(CO)cc(=O)c3c2O)OC1(C)C. The monoisotopic (exact) mass is 538 g/mol. The van der Waals surface area contributed by atoms with E-state index in [9.17, 15) is 24.9 Å². The third-order valence-electron chi connectivity index (χ3n) is 7.18. The van der Waals surface area contributed by atoms with Crippen LogP contribution in [0.5, 0.6) is 11.5 Å². The van der Waals surface area contributed by atoms with Gasteiger partial charge in [-0.25, -0.2) is 9.78 Å². The van der Waals surface area contributed by atoms with Crippen LogP contribution in [-0.4, -0.2) is 44.6 Å². The van der Waals surface area contributed by atoms with Gasteiger partial charge < -0.3 is 34.9 Å². The number of hydrogen-bond donors (Lipinski definition) is 4. The fraction of sp³-hybridized carbons (Fsp3) is 0.414. The first kappa shape index (κ1) is 28.1. The Labute approximate surface area is 225 Å². The number of hydrogen-bond acceptors (Lipinski definition) is 10. The first-order valence-corrected chi connectivity index (χ1v) is 12.8. The van der Waals surface area contributed by atoms with Gasteiger partial charge in [-0.1, -0.05) is 6.08 Å². The zero-order valence-electron chi connectivity index (χ0n) is 22.5. The molecule has 208 valence electrons. The Morgan fingerprint density at radius 3 is 2.72 bits per heavy atom. The van der Waals surface area contributed by atoms with Crippen LogP contribution in [0.4, 0.5) is 5.82 Å². The molecule has 3 aromatic rings. The lowest BCUT2D eigenvalue weighted by Crippen LogP contribution is -2.49. The number of nitrogens with zero attached hydrogens (tertiary/aromatic N) is 1. The fourth-order valence-corrected chi connectivity index (χ4v) is 4.92. The number of anilines is 1. The molecule has 1 aromatic carbocycles. The molecule has 2 aromatic heterocycles. The van der Waals surface area contributed by atoms with E-state index in [0.29, 0.717) is 29.5 Å². The molecule has 0 aliphatic carbocycles. The number of benzene rings is 1. The van der Waals surface area contributed by atoms with E-state index in [1.54, 1.807) is 52.1 Å². The quantitative estimate of drug-likeness (QED) is 0.246. The molecule has 3 heterocycles. The number of aliphatic hydroxyl groups excluding tert-OH is 2. The minimum absolute atomic E-state index is 0.0203. The van der Waals surface area contributed by atoms with Crippen LogP contribution < -0.4 is 15.9 Å². The van der Waals surface area contributed by atoms with Crippen LogP contribution in [0.25, 0.3) is 11.0 Å². The number of nitrogen functional groups attached to an aromatic ring is 1. The number of esters is 1. The summed E-state index contributed by atoms with van der Waals surface area (Å²) in [6.07, 6.45) is 3.32. The van der Waals surface area contributed by atoms with Crippen LogP contribution in [-0.2, 0) is 22.6 Å². The number of carbonyl (C=O) groups excluding carboxylic acids is 1. The van der Waals surface area contributed by atoms with Gasteiger partial charge in [0.15, 0.2) is 5.43 Å². The molecule has 4 rings (SSSR count). The predicted molar refractivity (Wildman–Crippen MR) is 145 cm³/mol. The summed E-state index contributed by atoms with van der Waals surface area (Å²) >= 11 is 0. The molecule has 1 aliphatic heterocycles. The summed E-state index contributed by atoms with van der Waals surface area (Å²) in [5, 5.41) is 30.8. The Bertz CT molecular complexity index is 1490. The topological polar surface area (TPSA) is 165 Å². The molecule has 1 aliphatic rings. The summed E-state index contributed by atoms with van der Waals surface area (Å²) in [5.74, 6) is -0.747. The lowest BCUT2D eigenvalue weighted by Gasteiger charge is -2.41. The lowest BCUT2D eigenvalue weighted by atomic mass is 9.81. The highest BCUT2D eigenvalue weighted by Crippen LogP contribution is 2.50. The van der Waals surface area contributed by atoms with Gasteiger partial charge in [0.05, 0.1) is 0 Å². The first-order valence-electron chi connectivity index (χ1n) is 12.8. The number of aliphatic hydroxyl groups is 2. The van der Waals surface area contributed by atoms with Crippen molar-refractivity contribution in [2.75, 3.05) is 12.3 Å². The second-order valence-electron chi connectivity index (χ2n) is 10.2. The second-order valence-corrected chi connectivity index (χ2v) is 10.2. The smallest absolute Gasteiger partial charge is 0.333 e. The summed E-state index contributed by atoms with van der Waals surface area (Å²) in [4.78, 5) is 29.9. The number of rotatable bonds is 8. The van der Waals surface area contributed by atoms with Crippen molar-refractivity contribution in [3.8, 4) is 11.5 Å². The van der Waals surface area contributed by atoms with E-state index in [1.165, 1.54) is 0 Å². The maximum Gasteiger partial charge on any atom is 0.333 e. The number of nitrogens with two attached hydrogens (primary N) is 1. The third kappa shape index (κ3) is 5.35. The molecule has 0 amide bonds. The summed E-state index contributed by atoms with van der Waals surface area (Å²) < 4.78 is 18.3. The average Bonchev–Trinajstić information content (AvgIpc) is 2.90. The molecular weight excluding hydrogens is 504 g/mol. The van der Waals surface area contributed by atoms with Crippen molar-refractivity contribution in [2.24, 2.45) is 0 Å². The van der Waals surface area contributed by atoms with Crippen molar-refractivity contribution >= 4 is 22.8 Å². The average molecular weight is 539 g/mol. The van der Waals surface area contributed by atoms with Crippen molar-refractivity contribution in [3.63, 3.8) is 0 Å². The van der Waals surface area contributed by atoms with Gasteiger partial charge in [0.2, 0.25) is 0 Å². The van der Waals surface area contributed by atoms with E-state index in [4.69, 9.17) is 19.6 Å². The highest BCUT2D eigenvalue weighted by molar-refractivity contribution is 5.92. The Hall–Kier alpha value is -3.89. The number of aromatic nitrogens is 1. The molecule has 0 saturated heterocycles. The predicted octanol–water partition coefficient (Wildman–Crippen LogP) is 3.46. The Kier molecular flexibility index (Phi) is 7.99. The Balaban J connectivity index is 2.04. The standard InChI is InChI=1S/C29H34N2O8/c1-5-15(2)28(36)38-21-13-19-25(35)24-20(34)12-17(14-33)37-27(24)23(26(19)39-29(21,3)4)18(7-6-10-32)16-8-9-31-22(30)11-16/h5,8-9,11-12,18,21,32-33,35H,6-7,10,13-14H2,1-4H3,(H2,30,31)/b15-5-/t18-,21-/m1/s1. The minimum atomic E-state index is -1.03. The van der Waals surface area contributed by atoms with Crippen molar-refractivity contribution in [2.45, 2.75) is 71.2 Å². The van der Waals surface area contributed by atoms with Crippen LogP contribution >= 0.6 is 0 Å². The van der Waals surface area contributed by atoms with Crippen LogP contribution in [0.3, 0.4) is 0 Å². The fourth-order valence-electron chi connectivity index (χ4n) is 4.92. The van der Waals surface area contributed by atoms with Gasteiger partial charge in [-0.15, -0.1) is 0 Å². The molecule has 0 fully saturated rings. The first-order chi connectivity index (χ1) is 18.5. The number of aromatic hydroxyl groups is 1. The minimum Gasteiger partial charge on any atom is -0.507 e. The lowest BCUT2D eigenvalue weighted by molar-refractivity contribution is -0.156. The van der Waals surface area contributed by atoms with Gasteiger partial charge in [0.1, 0.15) is 52.4 Å². The molecule has 0 bridgehead atoms. The van der Waals surface area contributed by atoms with Crippen LogP contribution in [0.15, 0.2) is 45.3 Å². The van der Waals surface area contributed by atoms with E-state index >= 15 is 0 Å². The maximum atomic E-state index is 13.2. The summed E-state index contributed by atoms with van der Waals surface area (Å²) in [7, 11) is 0. The molecule has 10 heteroatoms. The summed E-state index contributed by atoms with van der Waals surface area (Å²) in [6, 6.07) is 4.60. The zero-order chi connectivity index (χ0) is 28.5. The molecule has 5 N–H and O–H groups in total. The highest BCUT2D eigenvalue weighted by Gasteiger charge is 2.44. The number of carbonyl (C=O) groups is 1. The molecule has 0 radical (unpaired) electrons. The summed E-state index contributed by atoms with van der Waals surface area (Å²) in [5.41, 5.74) is 6.42. The van der Waals surface area contributed by atoms with Crippen molar-refractivity contribution in [1.82, 2.24) is 4.98 Å². The van der Waals surface area contributed by atoms with E-state index in [0.717, 1.165) is 11.6 Å².